The van der Waals surface area contributed by atoms with Crippen LogP contribution in [0.4, 0.5) is 0 Å². The smallest absolute Gasteiger partial charge is 0.0471 e. The number of ether oxygens (including phenoxy) is 1. The zero-order valence-corrected chi connectivity index (χ0v) is 12.3. The SMILES string of the molecule is c1ccc(C2CCOCC2)c(CCN2CCNCC2)c1. The van der Waals surface area contributed by atoms with Crippen LogP contribution in [0.2, 0.25) is 0 Å². The molecular weight excluding hydrogens is 248 g/mol. The largest absolute Gasteiger partial charge is 0.381 e. The van der Waals surface area contributed by atoms with Gasteiger partial charge in [0.25, 0.3) is 0 Å². The first-order chi connectivity index (χ1) is 9.93. The van der Waals surface area contributed by atoms with E-state index in [1.165, 1.54) is 38.9 Å². The maximum Gasteiger partial charge on any atom is 0.0471 e. The molecule has 110 valence electrons. The van der Waals surface area contributed by atoms with Crippen LogP contribution in [0, 0.1) is 0 Å². The predicted molar refractivity (Wildman–Crippen MR) is 82.2 cm³/mol. The summed E-state index contributed by atoms with van der Waals surface area (Å²) in [6.07, 6.45) is 3.56. The summed E-state index contributed by atoms with van der Waals surface area (Å²) in [6, 6.07) is 9.05. The first-order valence-electron chi connectivity index (χ1n) is 8.02. The van der Waals surface area contributed by atoms with Gasteiger partial charge in [0, 0.05) is 45.9 Å². The third-order valence-electron chi connectivity index (χ3n) is 4.62. The molecular formula is C17H26N2O. The summed E-state index contributed by atoms with van der Waals surface area (Å²) in [5, 5.41) is 3.42. The van der Waals surface area contributed by atoms with Gasteiger partial charge in [0.05, 0.1) is 0 Å². The van der Waals surface area contributed by atoms with Gasteiger partial charge in [0.15, 0.2) is 0 Å². The monoisotopic (exact) mass is 274 g/mol. The fourth-order valence-electron chi connectivity index (χ4n) is 3.38. The van der Waals surface area contributed by atoms with E-state index in [2.05, 4.69) is 34.5 Å². The number of nitrogens with one attached hydrogen (secondary N) is 1. The Hall–Kier alpha value is -0.900. The molecule has 20 heavy (non-hydrogen) atoms. The van der Waals surface area contributed by atoms with Crippen LogP contribution in [0.1, 0.15) is 29.9 Å². The van der Waals surface area contributed by atoms with Gasteiger partial charge in [-0.05, 0) is 36.3 Å². The van der Waals surface area contributed by atoms with Gasteiger partial charge in [0.2, 0.25) is 0 Å². The van der Waals surface area contributed by atoms with Crippen molar-refractivity contribution in [1.82, 2.24) is 10.2 Å². The third kappa shape index (κ3) is 3.60. The molecule has 1 aromatic rings. The van der Waals surface area contributed by atoms with Gasteiger partial charge >= 0.3 is 0 Å². The highest BCUT2D eigenvalue weighted by Gasteiger charge is 2.19. The van der Waals surface area contributed by atoms with Crippen molar-refractivity contribution in [1.29, 1.82) is 0 Å². The van der Waals surface area contributed by atoms with Crippen molar-refractivity contribution in [2.45, 2.75) is 25.2 Å². The van der Waals surface area contributed by atoms with Crippen LogP contribution in [-0.4, -0.2) is 50.8 Å². The Labute approximate surface area is 122 Å². The van der Waals surface area contributed by atoms with Crippen LogP contribution in [0.15, 0.2) is 24.3 Å². The van der Waals surface area contributed by atoms with Crippen LogP contribution >= 0.6 is 0 Å². The lowest BCUT2D eigenvalue weighted by atomic mass is 9.87. The van der Waals surface area contributed by atoms with Gasteiger partial charge in [-0.25, -0.2) is 0 Å². The molecule has 3 rings (SSSR count). The Bertz CT molecular complexity index is 409. The summed E-state index contributed by atoms with van der Waals surface area (Å²) in [5.74, 6) is 0.711. The molecule has 0 amide bonds. The first-order valence-corrected chi connectivity index (χ1v) is 8.02. The molecule has 1 N–H and O–H groups in total. The summed E-state index contributed by atoms with van der Waals surface area (Å²) >= 11 is 0. The second-order valence-corrected chi connectivity index (χ2v) is 5.93. The zero-order valence-electron chi connectivity index (χ0n) is 12.3. The molecule has 3 nitrogen and oxygen atoms in total. The minimum absolute atomic E-state index is 0.711. The average Bonchev–Trinajstić information content (AvgIpc) is 2.55. The zero-order chi connectivity index (χ0) is 13.6. The molecule has 1 aromatic carbocycles. The number of hydrogen-bond acceptors (Lipinski definition) is 3. The molecule has 0 spiro atoms. The molecule has 3 heteroatoms. The highest BCUT2D eigenvalue weighted by Crippen LogP contribution is 2.29. The van der Waals surface area contributed by atoms with E-state index >= 15 is 0 Å². The molecule has 0 unspecified atom stereocenters. The Balaban J connectivity index is 1.62. The maximum atomic E-state index is 5.50. The van der Waals surface area contributed by atoms with Gasteiger partial charge in [-0.2, -0.15) is 0 Å². The lowest BCUT2D eigenvalue weighted by Gasteiger charge is -2.28. The highest BCUT2D eigenvalue weighted by molar-refractivity contribution is 5.31. The minimum atomic E-state index is 0.711. The number of hydrogen-bond donors (Lipinski definition) is 1. The predicted octanol–water partition coefficient (Wildman–Crippen LogP) is 2.03. The maximum absolute atomic E-state index is 5.50. The van der Waals surface area contributed by atoms with Crippen LogP contribution in [0.3, 0.4) is 0 Å². The van der Waals surface area contributed by atoms with Gasteiger partial charge in [-0.15, -0.1) is 0 Å². The second kappa shape index (κ2) is 7.21. The Morgan fingerprint density at radius 1 is 1.10 bits per heavy atom. The van der Waals surface area contributed by atoms with Crippen molar-refractivity contribution in [3.63, 3.8) is 0 Å². The van der Waals surface area contributed by atoms with Crippen molar-refractivity contribution in [3.8, 4) is 0 Å². The van der Waals surface area contributed by atoms with Crippen molar-refractivity contribution in [2.24, 2.45) is 0 Å². The standard InChI is InChI=1S/C17H26N2O/c1-2-4-17(16-6-13-20-14-7-16)15(3-1)5-10-19-11-8-18-9-12-19/h1-4,16,18H,5-14H2. The van der Waals surface area contributed by atoms with E-state index < -0.39 is 0 Å². The van der Waals surface area contributed by atoms with E-state index in [0.29, 0.717) is 5.92 Å². The number of nitrogens with zero attached hydrogens (tertiary/aromatic N) is 1. The topological polar surface area (TPSA) is 24.5 Å². The molecule has 0 bridgehead atoms. The van der Waals surface area contributed by atoms with Crippen LogP contribution < -0.4 is 5.32 Å². The molecule has 0 atom stereocenters. The molecule has 0 radical (unpaired) electrons. The van der Waals surface area contributed by atoms with Gasteiger partial charge in [-0.3, -0.25) is 0 Å². The van der Waals surface area contributed by atoms with Crippen molar-refractivity contribution in [3.05, 3.63) is 35.4 Å². The van der Waals surface area contributed by atoms with Crippen LogP contribution in [0.5, 0.6) is 0 Å². The Kier molecular flexibility index (Phi) is 5.06. The summed E-state index contributed by atoms with van der Waals surface area (Å²) in [7, 11) is 0. The van der Waals surface area contributed by atoms with Gasteiger partial charge < -0.3 is 15.0 Å². The van der Waals surface area contributed by atoms with Gasteiger partial charge in [0.1, 0.15) is 0 Å². The van der Waals surface area contributed by atoms with E-state index in [4.69, 9.17) is 4.74 Å². The Morgan fingerprint density at radius 3 is 2.65 bits per heavy atom. The summed E-state index contributed by atoms with van der Waals surface area (Å²) in [6.45, 7) is 7.72. The third-order valence-corrected chi connectivity index (χ3v) is 4.62. The van der Waals surface area contributed by atoms with Crippen LogP contribution in [-0.2, 0) is 11.2 Å². The fourth-order valence-corrected chi connectivity index (χ4v) is 3.38. The van der Waals surface area contributed by atoms with E-state index in [0.717, 1.165) is 26.3 Å². The van der Waals surface area contributed by atoms with E-state index in [1.54, 1.807) is 11.1 Å². The number of benzene rings is 1. The lowest BCUT2D eigenvalue weighted by Crippen LogP contribution is -2.44. The molecule has 0 aliphatic carbocycles. The molecule has 2 heterocycles. The normalized spacial score (nSPS) is 22.0. The fraction of sp³-hybridized carbons (Fsp3) is 0.647. The van der Waals surface area contributed by atoms with Crippen molar-refractivity contribution < 1.29 is 4.74 Å². The molecule has 0 saturated carbocycles. The lowest BCUT2D eigenvalue weighted by molar-refractivity contribution is 0.0851. The molecule has 2 aliphatic rings. The number of rotatable bonds is 4. The quantitative estimate of drug-likeness (QED) is 0.909. The number of piperazine rings is 1. The summed E-state index contributed by atoms with van der Waals surface area (Å²) in [4.78, 5) is 2.58. The van der Waals surface area contributed by atoms with E-state index in [9.17, 15) is 0 Å². The van der Waals surface area contributed by atoms with Crippen molar-refractivity contribution >= 4 is 0 Å². The molecule has 2 saturated heterocycles. The molecule has 2 fully saturated rings. The first kappa shape index (κ1) is 14.1. The highest BCUT2D eigenvalue weighted by atomic mass is 16.5. The van der Waals surface area contributed by atoms with E-state index in [-0.39, 0.29) is 0 Å². The molecule has 2 aliphatic heterocycles. The minimum Gasteiger partial charge on any atom is -0.381 e. The average molecular weight is 274 g/mol. The second-order valence-electron chi connectivity index (χ2n) is 5.93. The van der Waals surface area contributed by atoms with Crippen molar-refractivity contribution in [2.75, 3.05) is 45.9 Å². The summed E-state index contributed by atoms with van der Waals surface area (Å²) in [5.41, 5.74) is 3.13. The van der Waals surface area contributed by atoms with Crippen LogP contribution in [0.25, 0.3) is 0 Å². The Morgan fingerprint density at radius 2 is 1.85 bits per heavy atom. The summed E-state index contributed by atoms with van der Waals surface area (Å²) < 4.78 is 5.50. The van der Waals surface area contributed by atoms with E-state index in [1.807, 2.05) is 0 Å². The van der Waals surface area contributed by atoms with Gasteiger partial charge in [-0.1, -0.05) is 24.3 Å². The molecule has 0 aromatic heterocycles.